The molecule has 2 atom stereocenters. The Kier molecular flexibility index (Phi) is 41.1. The van der Waals surface area contributed by atoms with E-state index in [9.17, 15) is 14.4 Å². The number of ether oxygens (including phenoxy) is 3. The zero-order chi connectivity index (χ0) is 93.3. The van der Waals surface area contributed by atoms with Crippen molar-refractivity contribution in [2.24, 2.45) is 5.92 Å². The molecule has 0 radical (unpaired) electrons. The maximum atomic E-state index is 12.4. The summed E-state index contributed by atoms with van der Waals surface area (Å²) in [6.07, 6.45) is 6.22. The number of nitrogens with zero attached hydrogens (tertiary/aromatic N) is 6. The molecule has 0 bridgehead atoms. The van der Waals surface area contributed by atoms with Gasteiger partial charge in [0.1, 0.15) is 0 Å². The molecule has 3 N–H and O–H groups in total. The van der Waals surface area contributed by atoms with Crippen LogP contribution in [0.4, 0.5) is 34.1 Å². The van der Waals surface area contributed by atoms with Gasteiger partial charge in [-0.1, -0.05) is 106 Å². The first-order chi connectivity index (χ1) is 60.9. The van der Waals surface area contributed by atoms with E-state index < -0.39 is 46.7 Å². The number of halogens is 6. The number of carbonyl (C=O) groups is 3. The van der Waals surface area contributed by atoms with Crippen LogP contribution in [0.1, 0.15) is 182 Å². The van der Waals surface area contributed by atoms with Crippen LogP contribution in [0.25, 0.3) is 0 Å². The van der Waals surface area contributed by atoms with Crippen LogP contribution in [0, 0.1) is 151 Å². The summed E-state index contributed by atoms with van der Waals surface area (Å²) in [6, 6.07) is 60.0. The molecule has 1 saturated carbocycles. The quantitative estimate of drug-likeness (QED) is 0.0372. The zero-order valence-corrected chi connectivity index (χ0v) is 88.2. The molecule has 3 aliphatic heterocycles. The molecule has 128 heavy (non-hydrogen) atoms. The van der Waals surface area contributed by atoms with E-state index in [-0.39, 0.29) is 30.1 Å². The van der Waals surface area contributed by atoms with Crippen LogP contribution < -0.4 is 29.4 Å². The predicted molar refractivity (Wildman–Crippen MR) is 542 cm³/mol. The summed E-state index contributed by atoms with van der Waals surface area (Å²) >= 11 is -5.66. The van der Waals surface area contributed by atoms with Gasteiger partial charge in [-0.3, -0.25) is 0 Å². The molecule has 0 aromatic heterocycles. The minimum absolute atomic E-state index is 0.0377. The van der Waals surface area contributed by atoms with Crippen molar-refractivity contribution in [3.63, 3.8) is 0 Å². The minimum atomic E-state index is -1.92. The van der Waals surface area contributed by atoms with Crippen LogP contribution >= 0.6 is 58.1 Å². The number of aromatic hydroxyl groups is 3. The van der Waals surface area contributed by atoms with Crippen molar-refractivity contribution in [3.05, 3.63) is 318 Å². The van der Waals surface area contributed by atoms with Gasteiger partial charge in [0.25, 0.3) is 0 Å². The molecule has 2 unspecified atom stereocenters. The number of benzene rings is 10. The van der Waals surface area contributed by atoms with Gasteiger partial charge in [0.05, 0.1) is 0 Å². The average Bonchev–Trinajstić information content (AvgIpc) is 1.62. The van der Waals surface area contributed by atoms with Crippen LogP contribution in [-0.4, -0.2) is 103 Å². The third kappa shape index (κ3) is 30.6. The summed E-state index contributed by atoms with van der Waals surface area (Å²) in [4.78, 5) is 49.9. The average molecular weight is 2110 g/mol. The molecular weight excluding hydrogens is 1980 g/mol. The van der Waals surface area contributed by atoms with Gasteiger partial charge in [-0.2, -0.15) is 20.0 Å². The minimum Gasteiger partial charge on any atom is -0.502 e. The van der Waals surface area contributed by atoms with Gasteiger partial charge < -0.3 is 29.4 Å². The molecule has 14 rings (SSSR count). The number of carbonyl (C=O) groups excluding carboxylic acids is 3. The second kappa shape index (κ2) is 50.5. The molecule has 4 aliphatic rings. The van der Waals surface area contributed by atoms with Gasteiger partial charge in [-0.15, -0.1) is 0 Å². The van der Waals surface area contributed by atoms with Crippen molar-refractivity contribution < 1.29 is 69.1 Å². The molecule has 0 amide bonds. The molecule has 0 spiro atoms. The monoisotopic (exact) mass is 2110 g/mol. The fourth-order valence-electron chi connectivity index (χ4n) is 18.3. The van der Waals surface area contributed by atoms with Crippen molar-refractivity contribution in [3.8, 4) is 17.2 Å². The molecule has 10 aromatic carbocycles. The maximum Gasteiger partial charge on any atom is 0.0146 e. The van der Waals surface area contributed by atoms with E-state index in [1.807, 2.05) is 131 Å². The van der Waals surface area contributed by atoms with Crippen LogP contribution in [0.3, 0.4) is 0 Å². The first kappa shape index (κ1) is 104. The van der Waals surface area contributed by atoms with E-state index in [2.05, 4.69) is 256 Å². The molecule has 3 heterocycles. The molecular formula is C107H132Cl6N6O6Ru3. The van der Waals surface area contributed by atoms with Crippen LogP contribution in [-0.2, 0) is 61.4 Å². The largest absolute Gasteiger partial charge is 0.502 e. The Morgan fingerprint density at radius 1 is 0.367 bits per heavy atom. The Balaban J connectivity index is 0.000000174. The fourth-order valence-corrected chi connectivity index (χ4v) is 23.7. The van der Waals surface area contributed by atoms with Gasteiger partial charge in [0, 0.05) is 73.4 Å². The molecule has 12 nitrogen and oxygen atoms in total. The second-order valence-electron chi connectivity index (χ2n) is 34.3. The number of Topliss-reactive ketones (excluding diaryl/α,β-unsaturated/α-hetero) is 3. The number of hydrogen-bond acceptors (Lipinski definition) is 9. The summed E-state index contributed by atoms with van der Waals surface area (Å²) in [7, 11) is 35.5. The maximum absolute atomic E-state index is 12.4. The van der Waals surface area contributed by atoms with E-state index in [1.165, 1.54) is 160 Å². The Morgan fingerprint density at radius 2 is 0.625 bits per heavy atom. The van der Waals surface area contributed by atoms with Crippen LogP contribution in [0.2, 0.25) is 0 Å². The normalized spacial score (nSPS) is 14.4. The molecule has 3 saturated heterocycles. The van der Waals surface area contributed by atoms with E-state index in [1.54, 1.807) is 0 Å². The van der Waals surface area contributed by atoms with Crippen molar-refractivity contribution >= 4 is 123 Å². The number of aliphatic hydroxyl groups is 3. The Hall–Kier alpha value is -7.37. The summed E-state index contributed by atoms with van der Waals surface area (Å²) in [5.74, 6) is 3.13. The Labute approximate surface area is 804 Å². The Bertz CT molecular complexity index is 4950. The van der Waals surface area contributed by atoms with Gasteiger partial charge in [-0.25, -0.2) is 0 Å². The number of anilines is 6. The number of rotatable bonds is 22. The predicted octanol–water partition coefficient (Wildman–Crippen LogP) is 26.7. The summed E-state index contributed by atoms with van der Waals surface area (Å²) in [5, 5.41) is 0. The third-order valence-corrected chi connectivity index (χ3v) is 28.5. The number of ketones is 3. The SMILES string of the molecule is CC(=O)C[OH+]c1ccccc1[CH]=[Ru]([Cl])[Cl].CC([OH+]c1ccccc1[CH]=[Ru]([Cl])[Cl])C(=O)Cc1ccccc1.CCC(=O)C([OH+]c1ccccc1[CH]=[Ru]([Cl])[Cl])C1CCCCC1.Cc1cc(C)c(N2[CH-]N(c3c(C)cc(C)cc3C)CC2)c(C)c1.Cc1cc(C)c(N2[CH-]N(c3c(C)cc(C)cc3C)CC2)c(C)c1.Cc1cc(C)c(N2[CH-]N(c3c(C)cc(C)cc3C)CC2)c(C)c1. The van der Waals surface area contributed by atoms with Gasteiger partial charge in [0.15, 0.2) is 0 Å². The molecule has 1 aliphatic carbocycles. The van der Waals surface area contributed by atoms with Crippen molar-refractivity contribution in [1.29, 1.82) is 0 Å². The summed E-state index contributed by atoms with van der Waals surface area (Å²) in [5.41, 5.74) is 36.3. The number of hydrogen-bond donors (Lipinski definition) is 0. The van der Waals surface area contributed by atoms with E-state index in [4.69, 9.17) is 62.9 Å². The second-order valence-corrected chi connectivity index (χ2v) is 51.5. The van der Waals surface area contributed by atoms with Crippen molar-refractivity contribution in [2.45, 2.75) is 203 Å². The topological polar surface area (TPSA) is 109 Å². The summed E-state index contributed by atoms with van der Waals surface area (Å²) < 4.78 is 19.1. The first-order valence-corrected chi connectivity index (χ1v) is 60.4. The van der Waals surface area contributed by atoms with Crippen LogP contribution in [0.5, 0.6) is 17.2 Å². The first-order valence-electron chi connectivity index (χ1n) is 43.9. The number of para-hydroxylation sites is 3. The molecule has 4 fully saturated rings. The standard InChI is InChI=1S/3C21H27N2.C17H16O2.C17H22O2.C10H10O2.6ClH.3Ru/c3*1-14-9-16(3)20(17(4)10-14)22-7-8-23(13-22)21-18(5)11-15(2)12-19(21)6;1-13-8-6-7-11-17(13)19-14(2)16(18)12-15-9-4-3-5-10-15;1-3-15(18)17(14-10-5-4-6-11-14)19-16-12-8-7-9-13(16)2;1-8-5-3-4-6-10(8)12-7-9(2)11;;;;;;;;;/h3*9-13H,7-8H2,1-6H3;1,3-11,14H,12H2,2H3;2,7-9,12,14,17H,3-6,10-11H2,1H3;1,3-6H,7H2,2H3;6*1H;;;/q3*-1;;;;;;;;;;3*+2/p-3. The molecule has 10 aromatic rings. The van der Waals surface area contributed by atoms with Gasteiger partial charge in [-0.05, 0) is 191 Å². The van der Waals surface area contributed by atoms with Gasteiger partial charge in [0.2, 0.25) is 0 Å². The third-order valence-electron chi connectivity index (χ3n) is 23.0. The molecule has 692 valence electrons. The summed E-state index contributed by atoms with van der Waals surface area (Å²) in [6.45, 7) is 58.2. The fraction of sp³-hybridized carbons (Fsp3) is 0.355. The Morgan fingerprint density at radius 3 is 0.898 bits per heavy atom. The van der Waals surface area contributed by atoms with Crippen molar-refractivity contribution in [2.75, 3.05) is 75.3 Å². The smallest absolute Gasteiger partial charge is 0.0146 e. The van der Waals surface area contributed by atoms with Crippen LogP contribution in [0.15, 0.2) is 176 Å². The van der Waals surface area contributed by atoms with E-state index in [0.29, 0.717) is 18.8 Å². The molecule has 21 heteroatoms. The van der Waals surface area contributed by atoms with Crippen molar-refractivity contribution in [1.82, 2.24) is 0 Å². The van der Waals surface area contributed by atoms with Gasteiger partial charge >= 0.3 is 392 Å². The zero-order valence-electron chi connectivity index (χ0n) is 78.4. The van der Waals surface area contributed by atoms with E-state index in [0.717, 1.165) is 91.6 Å². The number of aryl methyl sites for hydroxylation is 18. The van der Waals surface area contributed by atoms with E-state index >= 15 is 0 Å².